The molecular weight excluding hydrogens is 410 g/mol. The van der Waals surface area contributed by atoms with E-state index < -0.39 is 0 Å². The maximum atomic E-state index is 13.0. The number of unbranched alkanes of at least 4 members (excludes halogenated alkanes) is 1. The Hall–Kier alpha value is -3.05. The molecule has 1 heterocycles. The molecule has 1 N–H and O–H groups in total. The zero-order chi connectivity index (χ0) is 23.5. The van der Waals surface area contributed by atoms with Crippen molar-refractivity contribution >= 4 is 17.4 Å². The number of nitrogens with one attached hydrogen (secondary N) is 1. The van der Waals surface area contributed by atoms with E-state index in [0.717, 1.165) is 55.0 Å². The molecule has 0 unspecified atom stereocenters. The first kappa shape index (κ1) is 24.6. The predicted molar refractivity (Wildman–Crippen MR) is 139 cm³/mol. The van der Waals surface area contributed by atoms with Crippen molar-refractivity contribution < 1.29 is 9.53 Å². The summed E-state index contributed by atoms with van der Waals surface area (Å²) in [6.07, 6.45) is 11.4. The molecule has 2 aromatic carbocycles. The second-order valence-corrected chi connectivity index (χ2v) is 8.57. The fourth-order valence-electron chi connectivity index (χ4n) is 3.96. The number of carbonyl (C=O) groups excluding carboxylic acids is 1. The van der Waals surface area contributed by atoms with Crippen molar-refractivity contribution in [2.45, 2.75) is 39.0 Å². The standard InChI is InChI=1S/C28H37N3O2/c1-4-6-10-23-12-14-25(15-13-23)29-28(32)31-20-9-11-24-22-26(16-17-27(24)31)33-21-8-7-19-30(3)18-5-2/h5,7-8,12-17,22H,2,4,6,9-11,18-21H2,1,3H3,(H,29,32)/b8-7+. The highest BCUT2D eigenvalue weighted by Crippen LogP contribution is 2.31. The predicted octanol–water partition coefficient (Wildman–Crippen LogP) is 6.07. The van der Waals surface area contributed by atoms with E-state index in [1.807, 2.05) is 41.3 Å². The second kappa shape index (κ2) is 12.9. The zero-order valence-electron chi connectivity index (χ0n) is 20.1. The van der Waals surface area contributed by atoms with E-state index in [4.69, 9.17) is 4.74 Å². The van der Waals surface area contributed by atoms with Gasteiger partial charge in [-0.1, -0.05) is 43.7 Å². The van der Waals surface area contributed by atoms with Crippen molar-refractivity contribution in [3.63, 3.8) is 0 Å². The molecule has 0 aliphatic carbocycles. The van der Waals surface area contributed by atoms with Crippen molar-refractivity contribution in [1.29, 1.82) is 0 Å². The number of hydrogen-bond donors (Lipinski definition) is 1. The molecule has 3 rings (SSSR count). The lowest BCUT2D eigenvalue weighted by atomic mass is 10.0. The summed E-state index contributed by atoms with van der Waals surface area (Å²) < 4.78 is 5.90. The number of urea groups is 1. The molecule has 0 fully saturated rings. The molecule has 176 valence electrons. The van der Waals surface area contributed by atoms with Crippen LogP contribution in [0.2, 0.25) is 0 Å². The summed E-state index contributed by atoms with van der Waals surface area (Å²) >= 11 is 0. The van der Waals surface area contributed by atoms with Gasteiger partial charge in [0, 0.05) is 31.0 Å². The summed E-state index contributed by atoms with van der Waals surface area (Å²) in [7, 11) is 2.06. The third-order valence-corrected chi connectivity index (χ3v) is 5.81. The number of nitrogens with zero attached hydrogens (tertiary/aromatic N) is 2. The lowest BCUT2D eigenvalue weighted by molar-refractivity contribution is 0.256. The SMILES string of the molecule is C=CCN(C)C/C=C/COc1ccc2c(c1)CCCN2C(=O)Nc1ccc(CCCC)cc1. The van der Waals surface area contributed by atoms with E-state index >= 15 is 0 Å². The summed E-state index contributed by atoms with van der Waals surface area (Å²) in [5, 5.41) is 3.05. The van der Waals surface area contributed by atoms with Crippen molar-refractivity contribution in [2.24, 2.45) is 0 Å². The van der Waals surface area contributed by atoms with Crippen molar-refractivity contribution in [1.82, 2.24) is 4.90 Å². The smallest absolute Gasteiger partial charge is 0.326 e. The number of amides is 2. The number of ether oxygens (including phenoxy) is 1. The van der Waals surface area contributed by atoms with Gasteiger partial charge in [0.1, 0.15) is 12.4 Å². The Labute approximate surface area is 198 Å². The average Bonchev–Trinajstić information content (AvgIpc) is 2.83. The van der Waals surface area contributed by atoms with Crippen LogP contribution < -0.4 is 15.0 Å². The highest BCUT2D eigenvalue weighted by Gasteiger charge is 2.23. The molecule has 0 saturated carbocycles. The molecule has 2 amide bonds. The lowest BCUT2D eigenvalue weighted by Gasteiger charge is -2.30. The molecule has 0 bridgehead atoms. The van der Waals surface area contributed by atoms with Crippen molar-refractivity contribution in [2.75, 3.05) is 43.5 Å². The molecule has 0 spiro atoms. The minimum atomic E-state index is -0.0856. The first-order chi connectivity index (χ1) is 16.1. The third kappa shape index (κ3) is 7.50. The largest absolute Gasteiger partial charge is 0.490 e. The fraction of sp³-hybridized carbons (Fsp3) is 0.393. The van der Waals surface area contributed by atoms with Gasteiger partial charge in [0.15, 0.2) is 0 Å². The van der Waals surface area contributed by atoms with Gasteiger partial charge in [-0.25, -0.2) is 4.79 Å². The highest BCUT2D eigenvalue weighted by atomic mass is 16.5. The number of carbonyl (C=O) groups is 1. The molecule has 0 radical (unpaired) electrons. The van der Waals surface area contributed by atoms with Crippen LogP contribution >= 0.6 is 0 Å². The van der Waals surface area contributed by atoms with Crippen LogP contribution in [-0.4, -0.2) is 44.2 Å². The van der Waals surface area contributed by atoms with Crippen LogP contribution in [0.5, 0.6) is 5.75 Å². The van der Waals surface area contributed by atoms with Gasteiger partial charge in [0.25, 0.3) is 0 Å². The molecule has 33 heavy (non-hydrogen) atoms. The maximum absolute atomic E-state index is 13.0. The molecule has 0 saturated heterocycles. The van der Waals surface area contributed by atoms with Crippen LogP contribution in [0.25, 0.3) is 0 Å². The first-order valence-electron chi connectivity index (χ1n) is 12.0. The Morgan fingerprint density at radius 3 is 2.76 bits per heavy atom. The molecule has 5 nitrogen and oxygen atoms in total. The van der Waals surface area contributed by atoms with Gasteiger partial charge < -0.3 is 10.1 Å². The van der Waals surface area contributed by atoms with Crippen molar-refractivity contribution in [3.8, 4) is 5.75 Å². The van der Waals surface area contributed by atoms with E-state index in [1.54, 1.807) is 0 Å². The maximum Gasteiger partial charge on any atom is 0.326 e. The summed E-state index contributed by atoms with van der Waals surface area (Å²) in [4.78, 5) is 17.0. The summed E-state index contributed by atoms with van der Waals surface area (Å²) in [5.74, 6) is 0.836. The van der Waals surface area contributed by atoms with E-state index in [-0.39, 0.29) is 6.03 Å². The van der Waals surface area contributed by atoms with Crippen LogP contribution in [0, 0.1) is 0 Å². The minimum absolute atomic E-state index is 0.0856. The minimum Gasteiger partial charge on any atom is -0.490 e. The number of aryl methyl sites for hydroxylation is 2. The van der Waals surface area contributed by atoms with Gasteiger partial charge in [-0.05, 0) is 74.2 Å². The number of hydrogen-bond acceptors (Lipinski definition) is 3. The number of benzene rings is 2. The monoisotopic (exact) mass is 447 g/mol. The molecule has 0 atom stereocenters. The van der Waals surface area contributed by atoms with Gasteiger partial charge in [-0.2, -0.15) is 0 Å². The number of rotatable bonds is 11. The van der Waals surface area contributed by atoms with Gasteiger partial charge in [0.2, 0.25) is 0 Å². The quantitative estimate of drug-likeness (QED) is 0.426. The highest BCUT2D eigenvalue weighted by molar-refractivity contribution is 6.02. The third-order valence-electron chi connectivity index (χ3n) is 5.81. The van der Waals surface area contributed by atoms with E-state index in [9.17, 15) is 4.79 Å². The second-order valence-electron chi connectivity index (χ2n) is 8.57. The van der Waals surface area contributed by atoms with Gasteiger partial charge in [-0.15, -0.1) is 6.58 Å². The van der Waals surface area contributed by atoms with Crippen molar-refractivity contribution in [3.05, 3.63) is 78.4 Å². The Balaban J connectivity index is 1.56. The number of likely N-dealkylation sites (N-methyl/N-ethyl adjacent to an activating group) is 1. The topological polar surface area (TPSA) is 44.8 Å². The van der Waals surface area contributed by atoms with Crippen LogP contribution in [-0.2, 0) is 12.8 Å². The summed E-state index contributed by atoms with van der Waals surface area (Å²) in [6.45, 7) is 8.92. The molecule has 0 aromatic heterocycles. The number of fused-ring (bicyclic) bond motifs is 1. The molecule has 1 aliphatic heterocycles. The van der Waals surface area contributed by atoms with Crippen LogP contribution in [0.15, 0.2) is 67.3 Å². The summed E-state index contributed by atoms with van der Waals surface area (Å²) in [6, 6.07) is 14.1. The van der Waals surface area contributed by atoms with Gasteiger partial charge >= 0.3 is 6.03 Å². The lowest BCUT2D eigenvalue weighted by Crippen LogP contribution is -2.38. The molecule has 5 heteroatoms. The first-order valence-corrected chi connectivity index (χ1v) is 12.0. The van der Waals surface area contributed by atoms with Crippen LogP contribution in [0.1, 0.15) is 37.3 Å². The van der Waals surface area contributed by atoms with E-state index in [1.165, 1.54) is 18.4 Å². The fourth-order valence-corrected chi connectivity index (χ4v) is 3.96. The van der Waals surface area contributed by atoms with Crippen LogP contribution in [0.3, 0.4) is 0 Å². The van der Waals surface area contributed by atoms with Gasteiger partial charge in [-0.3, -0.25) is 9.80 Å². The average molecular weight is 448 g/mol. The molecular formula is C28H37N3O2. The Bertz CT molecular complexity index is 937. The Morgan fingerprint density at radius 1 is 1.18 bits per heavy atom. The number of anilines is 2. The van der Waals surface area contributed by atoms with Gasteiger partial charge in [0.05, 0.1) is 0 Å². The summed E-state index contributed by atoms with van der Waals surface area (Å²) in [5.41, 5.74) is 4.26. The van der Waals surface area contributed by atoms with E-state index in [2.05, 4.69) is 55.0 Å². The normalized spacial score (nSPS) is 13.2. The molecule has 1 aliphatic rings. The Morgan fingerprint density at radius 2 is 2.00 bits per heavy atom. The molecule has 2 aromatic rings. The van der Waals surface area contributed by atoms with E-state index in [0.29, 0.717) is 13.2 Å². The van der Waals surface area contributed by atoms with Crippen LogP contribution in [0.4, 0.5) is 16.2 Å². The zero-order valence-corrected chi connectivity index (χ0v) is 20.1. The Kier molecular flexibility index (Phi) is 9.58.